The van der Waals surface area contributed by atoms with E-state index >= 15 is 0 Å². The van der Waals surface area contributed by atoms with Crippen LogP contribution < -0.4 is 0 Å². The van der Waals surface area contributed by atoms with E-state index in [1.807, 2.05) is 6.92 Å². The normalized spacial score (nSPS) is 10.6. The first-order valence-corrected chi connectivity index (χ1v) is 6.45. The molecule has 0 aliphatic heterocycles. The molecule has 100 valence electrons. The van der Waals surface area contributed by atoms with Crippen LogP contribution in [0.5, 0.6) is 0 Å². The van der Waals surface area contributed by atoms with Crippen LogP contribution in [0, 0.1) is 6.92 Å². The summed E-state index contributed by atoms with van der Waals surface area (Å²) in [6.07, 6.45) is 2.92. The molecule has 1 N–H and O–H groups in total. The number of benzene rings is 1. The lowest BCUT2D eigenvalue weighted by molar-refractivity contribution is -0.137. The van der Waals surface area contributed by atoms with Gasteiger partial charge in [0.2, 0.25) is 0 Å². The Morgan fingerprint density at radius 2 is 2.00 bits per heavy atom. The highest BCUT2D eigenvalue weighted by atomic mass is 16.4. The Morgan fingerprint density at radius 3 is 2.58 bits per heavy atom. The molecule has 0 amide bonds. The number of aromatic nitrogens is 2. The predicted octanol–water partition coefficient (Wildman–Crippen LogP) is 2.90. The van der Waals surface area contributed by atoms with Crippen molar-refractivity contribution in [3.8, 4) is 11.1 Å². The Balaban J connectivity index is 2.22. The average molecular weight is 258 g/mol. The Hall–Kier alpha value is -2.10. The van der Waals surface area contributed by atoms with Crippen LogP contribution in [-0.2, 0) is 17.8 Å². The maximum absolute atomic E-state index is 10.6. The van der Waals surface area contributed by atoms with Gasteiger partial charge in [-0.05, 0) is 24.5 Å². The molecule has 1 aromatic carbocycles. The minimum atomic E-state index is -0.802. The molecule has 0 spiro atoms. The summed E-state index contributed by atoms with van der Waals surface area (Å²) in [4.78, 5) is 10.6. The number of aliphatic carboxylic acids is 1. The maximum atomic E-state index is 10.6. The van der Waals surface area contributed by atoms with E-state index in [4.69, 9.17) is 5.11 Å². The van der Waals surface area contributed by atoms with Gasteiger partial charge in [0.15, 0.2) is 0 Å². The molecule has 0 fully saturated rings. The molecular weight excluding hydrogens is 240 g/mol. The topological polar surface area (TPSA) is 55.1 Å². The van der Waals surface area contributed by atoms with Crippen LogP contribution >= 0.6 is 0 Å². The second-order valence-electron chi connectivity index (χ2n) is 4.56. The van der Waals surface area contributed by atoms with Gasteiger partial charge >= 0.3 is 5.97 Å². The first-order valence-electron chi connectivity index (χ1n) is 6.45. The van der Waals surface area contributed by atoms with Gasteiger partial charge in [-0.1, -0.05) is 31.2 Å². The Bertz CT molecular complexity index is 570. The summed E-state index contributed by atoms with van der Waals surface area (Å²) < 4.78 is 1.75. The average Bonchev–Trinajstić information content (AvgIpc) is 2.78. The fourth-order valence-electron chi connectivity index (χ4n) is 2.08. The SMILES string of the molecule is CCc1ccc(-c2cnn(CCC(=O)O)c2C)cc1. The van der Waals surface area contributed by atoms with Crippen LogP contribution in [0.25, 0.3) is 11.1 Å². The van der Waals surface area contributed by atoms with Crippen LogP contribution in [0.1, 0.15) is 24.6 Å². The van der Waals surface area contributed by atoms with Gasteiger partial charge in [0.25, 0.3) is 0 Å². The van der Waals surface area contributed by atoms with E-state index in [-0.39, 0.29) is 6.42 Å². The molecule has 0 atom stereocenters. The number of hydrogen-bond acceptors (Lipinski definition) is 2. The highest BCUT2D eigenvalue weighted by Gasteiger charge is 2.09. The highest BCUT2D eigenvalue weighted by molar-refractivity contribution is 5.67. The summed E-state index contributed by atoms with van der Waals surface area (Å²) in [5.74, 6) is -0.802. The minimum Gasteiger partial charge on any atom is -0.481 e. The first kappa shape index (κ1) is 13.3. The molecule has 0 saturated heterocycles. The Labute approximate surface area is 112 Å². The van der Waals surface area contributed by atoms with E-state index in [1.54, 1.807) is 10.9 Å². The smallest absolute Gasteiger partial charge is 0.305 e. The number of carbonyl (C=O) groups is 1. The standard InChI is InChI=1S/C15H18N2O2/c1-3-12-4-6-13(7-5-12)14-10-16-17(11(14)2)9-8-15(18)19/h4-7,10H,3,8-9H2,1-2H3,(H,18,19). The van der Waals surface area contributed by atoms with Crippen molar-refractivity contribution >= 4 is 5.97 Å². The number of hydrogen-bond donors (Lipinski definition) is 1. The number of carboxylic acid groups (broad SMARTS) is 1. The third kappa shape index (κ3) is 3.02. The molecule has 2 rings (SSSR count). The van der Waals surface area contributed by atoms with Gasteiger partial charge in [0, 0.05) is 11.3 Å². The zero-order chi connectivity index (χ0) is 13.8. The molecule has 1 aromatic heterocycles. The number of rotatable bonds is 5. The van der Waals surface area contributed by atoms with Crippen molar-refractivity contribution in [2.45, 2.75) is 33.2 Å². The van der Waals surface area contributed by atoms with Crippen molar-refractivity contribution in [2.24, 2.45) is 0 Å². The van der Waals surface area contributed by atoms with Gasteiger partial charge < -0.3 is 5.11 Å². The van der Waals surface area contributed by atoms with Crippen molar-refractivity contribution in [2.75, 3.05) is 0 Å². The summed E-state index contributed by atoms with van der Waals surface area (Å²) in [7, 11) is 0. The van der Waals surface area contributed by atoms with Gasteiger partial charge in [-0.15, -0.1) is 0 Å². The maximum Gasteiger partial charge on any atom is 0.305 e. The molecule has 0 bridgehead atoms. The molecule has 2 aromatic rings. The van der Waals surface area contributed by atoms with E-state index in [1.165, 1.54) is 5.56 Å². The molecular formula is C15H18N2O2. The molecule has 0 saturated carbocycles. The van der Waals surface area contributed by atoms with Gasteiger partial charge in [-0.25, -0.2) is 0 Å². The Morgan fingerprint density at radius 1 is 1.32 bits per heavy atom. The van der Waals surface area contributed by atoms with E-state index in [0.717, 1.165) is 23.2 Å². The molecule has 4 nitrogen and oxygen atoms in total. The lowest BCUT2D eigenvalue weighted by atomic mass is 10.0. The number of carboxylic acids is 1. The molecule has 0 unspecified atom stereocenters. The van der Waals surface area contributed by atoms with Gasteiger partial charge in [-0.2, -0.15) is 5.10 Å². The lowest BCUT2D eigenvalue weighted by Crippen LogP contribution is -2.07. The molecule has 1 heterocycles. The zero-order valence-corrected chi connectivity index (χ0v) is 11.3. The summed E-state index contributed by atoms with van der Waals surface area (Å²) in [6.45, 7) is 4.51. The van der Waals surface area contributed by atoms with Crippen LogP contribution in [0.3, 0.4) is 0 Å². The molecule has 0 aliphatic rings. The van der Waals surface area contributed by atoms with Crippen LogP contribution in [0.15, 0.2) is 30.5 Å². The summed E-state index contributed by atoms with van der Waals surface area (Å²) in [5.41, 5.74) is 4.49. The molecule has 0 radical (unpaired) electrons. The van der Waals surface area contributed by atoms with E-state index in [2.05, 4.69) is 36.3 Å². The van der Waals surface area contributed by atoms with E-state index < -0.39 is 5.97 Å². The lowest BCUT2D eigenvalue weighted by Gasteiger charge is -2.05. The Kier molecular flexibility index (Phi) is 4.00. The second kappa shape index (κ2) is 5.69. The molecule has 19 heavy (non-hydrogen) atoms. The largest absolute Gasteiger partial charge is 0.481 e. The van der Waals surface area contributed by atoms with Crippen molar-refractivity contribution < 1.29 is 9.90 Å². The highest BCUT2D eigenvalue weighted by Crippen LogP contribution is 2.23. The van der Waals surface area contributed by atoms with Crippen LogP contribution in [0.2, 0.25) is 0 Å². The third-order valence-electron chi connectivity index (χ3n) is 3.31. The number of nitrogens with zero attached hydrogens (tertiary/aromatic N) is 2. The van der Waals surface area contributed by atoms with Crippen LogP contribution in [-0.4, -0.2) is 20.9 Å². The molecule has 0 aliphatic carbocycles. The quantitative estimate of drug-likeness (QED) is 0.897. The molecule has 4 heteroatoms. The van der Waals surface area contributed by atoms with Gasteiger partial charge in [0.05, 0.1) is 19.2 Å². The van der Waals surface area contributed by atoms with Crippen molar-refractivity contribution in [3.63, 3.8) is 0 Å². The second-order valence-corrected chi connectivity index (χ2v) is 4.56. The summed E-state index contributed by atoms with van der Waals surface area (Å²) in [5, 5.41) is 13.0. The monoisotopic (exact) mass is 258 g/mol. The van der Waals surface area contributed by atoms with Crippen LogP contribution in [0.4, 0.5) is 0 Å². The van der Waals surface area contributed by atoms with Crippen molar-refractivity contribution in [1.82, 2.24) is 9.78 Å². The fraction of sp³-hybridized carbons (Fsp3) is 0.333. The van der Waals surface area contributed by atoms with Crippen molar-refractivity contribution in [3.05, 3.63) is 41.7 Å². The third-order valence-corrected chi connectivity index (χ3v) is 3.31. The van der Waals surface area contributed by atoms with Crippen molar-refractivity contribution in [1.29, 1.82) is 0 Å². The minimum absolute atomic E-state index is 0.0940. The zero-order valence-electron chi connectivity index (χ0n) is 11.3. The van der Waals surface area contributed by atoms with Gasteiger partial charge in [-0.3, -0.25) is 9.48 Å². The van der Waals surface area contributed by atoms with E-state index in [9.17, 15) is 4.79 Å². The first-order chi connectivity index (χ1) is 9.11. The number of aryl methyl sites for hydroxylation is 2. The van der Waals surface area contributed by atoms with E-state index in [0.29, 0.717) is 6.54 Å². The van der Waals surface area contributed by atoms with Gasteiger partial charge in [0.1, 0.15) is 0 Å². The fourth-order valence-corrected chi connectivity index (χ4v) is 2.08. The summed E-state index contributed by atoms with van der Waals surface area (Å²) >= 11 is 0. The summed E-state index contributed by atoms with van der Waals surface area (Å²) in [6, 6.07) is 8.40. The predicted molar refractivity (Wildman–Crippen MR) is 74.0 cm³/mol.